The molecule has 5 nitrogen and oxygen atoms in total. The Bertz CT molecular complexity index is 323. The average molecular weight is 268 g/mol. The second-order valence-electron chi connectivity index (χ2n) is 4.45. The first-order valence-electron chi connectivity index (χ1n) is 7.36. The lowest BCUT2D eigenvalue weighted by Crippen LogP contribution is -2.27. The average Bonchev–Trinajstić information content (AvgIpc) is 2.87. The van der Waals surface area contributed by atoms with E-state index in [1.807, 2.05) is 19.3 Å². The summed E-state index contributed by atoms with van der Waals surface area (Å²) >= 11 is 0. The molecule has 0 radical (unpaired) electrons. The molecule has 0 saturated carbocycles. The first-order chi connectivity index (χ1) is 9.31. The summed E-state index contributed by atoms with van der Waals surface area (Å²) in [6.45, 7) is 13.2. The predicted octanol–water partition coefficient (Wildman–Crippen LogP) is 2.06. The van der Waals surface area contributed by atoms with E-state index in [9.17, 15) is 0 Å². The molecule has 0 unspecified atom stereocenters. The van der Waals surface area contributed by atoms with E-state index in [1.54, 1.807) is 0 Å². The minimum atomic E-state index is 0.790. The zero-order valence-electron chi connectivity index (χ0n) is 12.6. The third-order valence-corrected chi connectivity index (χ3v) is 3.22. The van der Waals surface area contributed by atoms with Gasteiger partial charge >= 0.3 is 0 Å². The Morgan fingerprint density at radius 3 is 2.79 bits per heavy atom. The molecule has 0 aliphatic carbocycles. The lowest BCUT2D eigenvalue weighted by molar-refractivity contribution is 0.147. The molecule has 19 heavy (non-hydrogen) atoms. The monoisotopic (exact) mass is 268 g/mol. The number of ether oxygens (including phenoxy) is 1. The molecule has 1 heterocycles. The second kappa shape index (κ2) is 9.81. The van der Waals surface area contributed by atoms with Gasteiger partial charge in [0.05, 0.1) is 0 Å². The van der Waals surface area contributed by atoms with Crippen LogP contribution in [0.3, 0.4) is 0 Å². The Labute approximate surface area is 117 Å². The van der Waals surface area contributed by atoms with Gasteiger partial charge in [-0.3, -0.25) is 0 Å². The van der Waals surface area contributed by atoms with E-state index >= 15 is 0 Å². The molecule has 0 amide bonds. The Morgan fingerprint density at radius 2 is 2.11 bits per heavy atom. The van der Waals surface area contributed by atoms with E-state index in [0.717, 1.165) is 58.3 Å². The summed E-state index contributed by atoms with van der Waals surface area (Å²) in [5, 5.41) is 3.37. The number of aromatic nitrogens is 2. The molecule has 0 atom stereocenters. The summed E-state index contributed by atoms with van der Waals surface area (Å²) in [6, 6.07) is 0. The minimum absolute atomic E-state index is 0.790. The van der Waals surface area contributed by atoms with Gasteiger partial charge in [0.1, 0.15) is 0 Å². The molecule has 110 valence electrons. The molecular weight excluding hydrogens is 240 g/mol. The number of hydrogen-bond acceptors (Lipinski definition) is 4. The quantitative estimate of drug-likeness (QED) is 0.624. The highest BCUT2D eigenvalue weighted by molar-refractivity contribution is 5.25. The number of nitrogens with zero attached hydrogens (tertiary/aromatic N) is 3. The Hall–Kier alpha value is -1.07. The predicted molar refractivity (Wildman–Crippen MR) is 79.6 cm³/mol. The fraction of sp³-hybridized carbons (Fsp3) is 0.786. The lowest BCUT2D eigenvalue weighted by Gasteiger charge is -2.19. The third kappa shape index (κ3) is 6.07. The van der Waals surface area contributed by atoms with E-state index < -0.39 is 0 Å². The van der Waals surface area contributed by atoms with Crippen molar-refractivity contribution in [3.05, 3.63) is 12.4 Å². The van der Waals surface area contributed by atoms with Crippen molar-refractivity contribution in [2.75, 3.05) is 44.7 Å². The van der Waals surface area contributed by atoms with Crippen LogP contribution in [0, 0.1) is 0 Å². The summed E-state index contributed by atoms with van der Waals surface area (Å²) in [4.78, 5) is 6.77. The van der Waals surface area contributed by atoms with E-state index in [-0.39, 0.29) is 0 Å². The maximum Gasteiger partial charge on any atom is 0.202 e. The Kier molecular flexibility index (Phi) is 8.25. The summed E-state index contributed by atoms with van der Waals surface area (Å²) in [5.74, 6) is 0.962. The Morgan fingerprint density at radius 1 is 1.32 bits per heavy atom. The molecule has 1 rings (SSSR count). The molecule has 1 aromatic rings. The zero-order chi connectivity index (χ0) is 13.9. The number of imidazole rings is 1. The van der Waals surface area contributed by atoms with Crippen molar-refractivity contribution in [1.82, 2.24) is 14.5 Å². The number of rotatable bonds is 11. The van der Waals surface area contributed by atoms with Crippen LogP contribution in [0.15, 0.2) is 12.4 Å². The molecule has 0 aliphatic rings. The van der Waals surface area contributed by atoms with E-state index in [4.69, 9.17) is 4.74 Å². The van der Waals surface area contributed by atoms with E-state index in [1.165, 1.54) is 0 Å². The maximum atomic E-state index is 5.32. The molecular formula is C14H28N4O. The molecule has 5 heteroatoms. The summed E-state index contributed by atoms with van der Waals surface area (Å²) < 4.78 is 7.50. The van der Waals surface area contributed by atoms with Crippen molar-refractivity contribution in [2.45, 2.75) is 33.7 Å². The highest BCUT2D eigenvalue weighted by Gasteiger charge is 2.04. The van der Waals surface area contributed by atoms with Crippen molar-refractivity contribution in [1.29, 1.82) is 0 Å². The van der Waals surface area contributed by atoms with Crippen LogP contribution < -0.4 is 5.32 Å². The molecule has 0 spiro atoms. The smallest absolute Gasteiger partial charge is 0.202 e. The van der Waals surface area contributed by atoms with Gasteiger partial charge in [0.15, 0.2) is 0 Å². The topological polar surface area (TPSA) is 42.3 Å². The highest BCUT2D eigenvalue weighted by atomic mass is 16.5. The largest absolute Gasteiger partial charge is 0.382 e. The highest BCUT2D eigenvalue weighted by Crippen LogP contribution is 2.04. The molecule has 1 aromatic heterocycles. The van der Waals surface area contributed by atoms with Crippen LogP contribution in [0.2, 0.25) is 0 Å². The van der Waals surface area contributed by atoms with Gasteiger partial charge in [0.25, 0.3) is 0 Å². The van der Waals surface area contributed by atoms with Gasteiger partial charge in [-0.15, -0.1) is 0 Å². The molecule has 0 aliphatic heterocycles. The van der Waals surface area contributed by atoms with E-state index in [0.29, 0.717) is 0 Å². The van der Waals surface area contributed by atoms with Crippen molar-refractivity contribution in [2.24, 2.45) is 0 Å². The van der Waals surface area contributed by atoms with Crippen LogP contribution in [-0.4, -0.2) is 53.8 Å². The third-order valence-electron chi connectivity index (χ3n) is 3.22. The fourth-order valence-corrected chi connectivity index (χ4v) is 1.96. The molecule has 0 aromatic carbocycles. The molecule has 1 N–H and O–H groups in total. The van der Waals surface area contributed by atoms with Crippen LogP contribution >= 0.6 is 0 Å². The van der Waals surface area contributed by atoms with Crippen molar-refractivity contribution in [3.8, 4) is 0 Å². The SMILES string of the molecule is CCOCCCNc1nccn1CCN(CC)CC. The molecule has 0 bridgehead atoms. The molecule has 0 saturated heterocycles. The first kappa shape index (κ1) is 16.0. The number of likely N-dealkylation sites (N-methyl/N-ethyl adjacent to an activating group) is 1. The number of hydrogen-bond donors (Lipinski definition) is 1. The van der Waals surface area contributed by atoms with Crippen molar-refractivity contribution in [3.63, 3.8) is 0 Å². The second-order valence-corrected chi connectivity index (χ2v) is 4.45. The maximum absolute atomic E-state index is 5.32. The van der Waals surface area contributed by atoms with Gasteiger partial charge in [-0.2, -0.15) is 0 Å². The van der Waals surface area contributed by atoms with E-state index in [2.05, 4.69) is 33.6 Å². The van der Waals surface area contributed by atoms with Crippen LogP contribution in [-0.2, 0) is 11.3 Å². The van der Waals surface area contributed by atoms with Gasteiger partial charge in [-0.1, -0.05) is 13.8 Å². The fourth-order valence-electron chi connectivity index (χ4n) is 1.96. The number of anilines is 1. The Balaban J connectivity index is 2.29. The van der Waals surface area contributed by atoms with Gasteiger partial charge < -0.3 is 19.5 Å². The summed E-state index contributed by atoms with van der Waals surface area (Å²) in [7, 11) is 0. The van der Waals surface area contributed by atoms with Gasteiger partial charge in [-0.25, -0.2) is 4.98 Å². The van der Waals surface area contributed by atoms with Crippen LogP contribution in [0.25, 0.3) is 0 Å². The lowest BCUT2D eigenvalue weighted by atomic mass is 10.4. The van der Waals surface area contributed by atoms with Gasteiger partial charge in [0, 0.05) is 45.2 Å². The zero-order valence-corrected chi connectivity index (χ0v) is 12.6. The minimum Gasteiger partial charge on any atom is -0.382 e. The normalized spacial score (nSPS) is 11.2. The summed E-state index contributed by atoms with van der Waals surface area (Å²) in [5.41, 5.74) is 0. The summed E-state index contributed by atoms with van der Waals surface area (Å²) in [6.07, 6.45) is 4.90. The number of nitrogens with one attached hydrogen (secondary N) is 1. The van der Waals surface area contributed by atoms with Gasteiger partial charge in [-0.05, 0) is 26.4 Å². The van der Waals surface area contributed by atoms with Crippen molar-refractivity contribution < 1.29 is 4.74 Å². The first-order valence-corrected chi connectivity index (χ1v) is 7.36. The van der Waals surface area contributed by atoms with Crippen LogP contribution in [0.1, 0.15) is 27.2 Å². The molecule has 0 fully saturated rings. The van der Waals surface area contributed by atoms with Crippen LogP contribution in [0.5, 0.6) is 0 Å². The van der Waals surface area contributed by atoms with Crippen molar-refractivity contribution >= 4 is 5.95 Å². The standard InChI is InChI=1S/C14H28N4O/c1-4-17(5-2)11-12-18-10-9-16-14(18)15-8-7-13-19-6-3/h9-10H,4-8,11-13H2,1-3H3,(H,15,16). The van der Waals surface area contributed by atoms with Gasteiger partial charge in [0.2, 0.25) is 5.95 Å². The van der Waals surface area contributed by atoms with Crippen LogP contribution in [0.4, 0.5) is 5.95 Å².